The minimum Gasteiger partial charge on any atom is -0.313 e. The maximum atomic E-state index is 5.85. The number of alkyl halides is 1. The van der Waals surface area contributed by atoms with Crippen molar-refractivity contribution < 1.29 is 0 Å². The van der Waals surface area contributed by atoms with Crippen LogP contribution in [0.2, 0.25) is 0 Å². The van der Waals surface area contributed by atoms with Crippen LogP contribution < -0.4 is 0 Å². The molecule has 0 aromatic carbocycles. The van der Waals surface area contributed by atoms with Crippen molar-refractivity contribution >= 4 is 11.6 Å². The number of hydrogen-bond donors (Lipinski definition) is 0. The highest BCUT2D eigenvalue weighted by molar-refractivity contribution is 6.16. The quantitative estimate of drug-likeness (QED) is 0.744. The van der Waals surface area contributed by atoms with Crippen molar-refractivity contribution in [3.63, 3.8) is 0 Å². The Morgan fingerprint density at radius 3 is 2.93 bits per heavy atom. The van der Waals surface area contributed by atoms with Gasteiger partial charge in [-0.15, -0.1) is 21.8 Å². The Morgan fingerprint density at radius 1 is 1.53 bits per heavy atom. The summed E-state index contributed by atoms with van der Waals surface area (Å²) in [6.07, 6.45) is 5.66. The maximum absolute atomic E-state index is 5.85. The molecule has 0 amide bonds. The van der Waals surface area contributed by atoms with Gasteiger partial charge in [-0.25, -0.2) is 0 Å². The summed E-state index contributed by atoms with van der Waals surface area (Å²) in [6.45, 7) is 4.61. The monoisotopic (exact) mass is 227 g/mol. The summed E-state index contributed by atoms with van der Waals surface area (Å²) in [5, 5.41) is 8.00. The van der Waals surface area contributed by atoms with Crippen LogP contribution in [0.5, 0.6) is 0 Å². The molecule has 1 fully saturated rings. The average molecular weight is 228 g/mol. The van der Waals surface area contributed by atoms with Gasteiger partial charge < -0.3 is 4.57 Å². The SMILES string of the molecule is CCC1CCC(n2cnnc2CCl)C1C. The molecule has 0 aliphatic heterocycles. The minimum absolute atomic E-state index is 0.458. The van der Waals surface area contributed by atoms with Gasteiger partial charge in [0.1, 0.15) is 12.2 Å². The van der Waals surface area contributed by atoms with E-state index in [0.717, 1.165) is 11.7 Å². The van der Waals surface area contributed by atoms with Gasteiger partial charge >= 0.3 is 0 Å². The van der Waals surface area contributed by atoms with Crippen LogP contribution in [0.1, 0.15) is 45.0 Å². The summed E-state index contributed by atoms with van der Waals surface area (Å²) >= 11 is 5.85. The van der Waals surface area contributed by atoms with Gasteiger partial charge in [0.2, 0.25) is 0 Å². The van der Waals surface area contributed by atoms with Crippen LogP contribution in [0.25, 0.3) is 0 Å². The first kappa shape index (κ1) is 10.9. The number of rotatable bonds is 3. The van der Waals surface area contributed by atoms with Crippen molar-refractivity contribution in [3.05, 3.63) is 12.2 Å². The van der Waals surface area contributed by atoms with Crippen molar-refractivity contribution in [3.8, 4) is 0 Å². The highest BCUT2D eigenvalue weighted by Crippen LogP contribution is 2.41. The molecule has 3 unspecified atom stereocenters. The zero-order chi connectivity index (χ0) is 10.8. The normalized spacial score (nSPS) is 31.0. The van der Waals surface area contributed by atoms with Gasteiger partial charge in [-0.1, -0.05) is 20.3 Å². The summed E-state index contributed by atoms with van der Waals surface area (Å²) in [6, 6.07) is 0.554. The van der Waals surface area contributed by atoms with Crippen LogP contribution in [0, 0.1) is 11.8 Å². The lowest BCUT2D eigenvalue weighted by molar-refractivity contribution is 0.325. The van der Waals surface area contributed by atoms with E-state index < -0.39 is 0 Å². The number of hydrogen-bond acceptors (Lipinski definition) is 2. The largest absolute Gasteiger partial charge is 0.313 e. The minimum atomic E-state index is 0.458. The summed E-state index contributed by atoms with van der Waals surface area (Å²) in [7, 11) is 0. The van der Waals surface area contributed by atoms with E-state index in [1.807, 2.05) is 6.33 Å². The first-order chi connectivity index (χ1) is 7.27. The molecule has 0 bridgehead atoms. The van der Waals surface area contributed by atoms with Crippen LogP contribution in [0.4, 0.5) is 0 Å². The third kappa shape index (κ3) is 1.89. The zero-order valence-corrected chi connectivity index (χ0v) is 10.1. The molecule has 1 heterocycles. The molecule has 4 heteroatoms. The Hall–Kier alpha value is -0.570. The second-order valence-corrected chi connectivity index (χ2v) is 4.73. The fraction of sp³-hybridized carbons (Fsp3) is 0.818. The lowest BCUT2D eigenvalue weighted by Crippen LogP contribution is -2.16. The molecule has 0 saturated heterocycles. The molecular formula is C11H18ClN3. The Morgan fingerprint density at radius 2 is 2.33 bits per heavy atom. The lowest BCUT2D eigenvalue weighted by atomic mass is 9.93. The van der Waals surface area contributed by atoms with E-state index in [4.69, 9.17) is 11.6 Å². The lowest BCUT2D eigenvalue weighted by Gasteiger charge is -2.21. The first-order valence-corrected chi connectivity index (χ1v) is 6.25. The third-order valence-corrected chi connectivity index (χ3v) is 4.07. The van der Waals surface area contributed by atoms with Gasteiger partial charge in [-0.05, 0) is 24.7 Å². The highest BCUT2D eigenvalue weighted by Gasteiger charge is 2.33. The molecule has 84 valence electrons. The van der Waals surface area contributed by atoms with E-state index in [9.17, 15) is 0 Å². The number of halogens is 1. The number of nitrogens with zero attached hydrogens (tertiary/aromatic N) is 3. The average Bonchev–Trinajstić information content (AvgIpc) is 2.83. The van der Waals surface area contributed by atoms with Crippen molar-refractivity contribution in [2.75, 3.05) is 0 Å². The van der Waals surface area contributed by atoms with Crippen molar-refractivity contribution in [2.24, 2.45) is 11.8 Å². The van der Waals surface area contributed by atoms with E-state index in [1.165, 1.54) is 19.3 Å². The van der Waals surface area contributed by atoms with Crippen LogP contribution in [-0.2, 0) is 5.88 Å². The molecule has 1 aliphatic rings. The summed E-state index contributed by atoms with van der Waals surface area (Å²) in [4.78, 5) is 0. The van der Waals surface area contributed by atoms with Gasteiger partial charge in [0.15, 0.2) is 0 Å². The fourth-order valence-electron chi connectivity index (χ4n) is 2.83. The van der Waals surface area contributed by atoms with Crippen LogP contribution in [0.3, 0.4) is 0 Å². The Labute approximate surface area is 95.8 Å². The maximum Gasteiger partial charge on any atom is 0.148 e. The molecule has 0 radical (unpaired) electrons. The molecule has 15 heavy (non-hydrogen) atoms. The molecule has 1 aromatic rings. The van der Waals surface area contributed by atoms with Gasteiger partial charge in [0.05, 0.1) is 5.88 Å². The standard InChI is InChI=1S/C11H18ClN3/c1-3-9-4-5-10(8(9)2)15-7-13-14-11(15)6-12/h7-10H,3-6H2,1-2H3. The molecule has 3 nitrogen and oxygen atoms in total. The van der Waals surface area contributed by atoms with Crippen LogP contribution >= 0.6 is 11.6 Å². The Bertz CT molecular complexity index is 323. The van der Waals surface area contributed by atoms with E-state index in [0.29, 0.717) is 17.8 Å². The van der Waals surface area contributed by atoms with Gasteiger partial charge in [0.25, 0.3) is 0 Å². The zero-order valence-electron chi connectivity index (χ0n) is 9.36. The van der Waals surface area contributed by atoms with E-state index in [-0.39, 0.29) is 0 Å². The van der Waals surface area contributed by atoms with Crippen LogP contribution in [0.15, 0.2) is 6.33 Å². The molecule has 1 aromatic heterocycles. The van der Waals surface area contributed by atoms with Gasteiger partial charge in [-0.2, -0.15) is 0 Å². The van der Waals surface area contributed by atoms with Gasteiger partial charge in [0, 0.05) is 6.04 Å². The predicted octanol–water partition coefficient (Wildman–Crippen LogP) is 3.01. The molecule has 0 N–H and O–H groups in total. The molecule has 1 aliphatic carbocycles. The second kappa shape index (κ2) is 4.52. The highest BCUT2D eigenvalue weighted by atomic mass is 35.5. The smallest absolute Gasteiger partial charge is 0.148 e. The van der Waals surface area contributed by atoms with E-state index in [1.54, 1.807) is 0 Å². The summed E-state index contributed by atoms with van der Waals surface area (Å²) in [5.41, 5.74) is 0. The first-order valence-electron chi connectivity index (χ1n) is 5.72. The fourth-order valence-corrected chi connectivity index (χ4v) is 3.02. The predicted molar refractivity (Wildman–Crippen MR) is 60.8 cm³/mol. The van der Waals surface area contributed by atoms with Crippen molar-refractivity contribution in [1.82, 2.24) is 14.8 Å². The van der Waals surface area contributed by atoms with Crippen molar-refractivity contribution in [1.29, 1.82) is 0 Å². The summed E-state index contributed by atoms with van der Waals surface area (Å²) < 4.78 is 2.17. The van der Waals surface area contributed by atoms with Crippen molar-refractivity contribution in [2.45, 2.75) is 45.0 Å². The Balaban J connectivity index is 2.18. The molecule has 1 saturated carbocycles. The van der Waals surface area contributed by atoms with E-state index in [2.05, 4.69) is 28.6 Å². The third-order valence-electron chi connectivity index (χ3n) is 3.83. The molecular weight excluding hydrogens is 210 g/mol. The van der Waals surface area contributed by atoms with Gasteiger partial charge in [-0.3, -0.25) is 0 Å². The Kier molecular flexibility index (Phi) is 3.29. The second-order valence-electron chi connectivity index (χ2n) is 4.46. The molecule has 2 rings (SSSR count). The molecule has 0 spiro atoms. The van der Waals surface area contributed by atoms with E-state index >= 15 is 0 Å². The summed E-state index contributed by atoms with van der Waals surface area (Å²) in [5.74, 6) is 2.93. The topological polar surface area (TPSA) is 30.7 Å². The number of aromatic nitrogens is 3. The molecule has 3 atom stereocenters. The van der Waals surface area contributed by atoms with Crippen LogP contribution in [-0.4, -0.2) is 14.8 Å².